The normalized spacial score (nSPS) is 10.0. The lowest BCUT2D eigenvalue weighted by molar-refractivity contribution is 0.0935. The first-order chi connectivity index (χ1) is 8.71. The van der Waals surface area contributed by atoms with Crippen LogP contribution in [0.5, 0.6) is 0 Å². The summed E-state index contributed by atoms with van der Waals surface area (Å²) in [6.07, 6.45) is 2.35. The van der Waals surface area contributed by atoms with Crippen LogP contribution in [-0.2, 0) is 0 Å². The summed E-state index contributed by atoms with van der Waals surface area (Å²) in [4.78, 5) is 12.8. The Labute approximate surface area is 112 Å². The van der Waals surface area contributed by atoms with Crippen LogP contribution in [0.2, 0.25) is 0 Å². The van der Waals surface area contributed by atoms with Gasteiger partial charge in [0.1, 0.15) is 0 Å². The van der Waals surface area contributed by atoms with Gasteiger partial charge in [-0.15, -0.1) is 11.3 Å². The monoisotopic (exact) mass is 265 g/mol. The number of carbonyl (C=O) groups is 1. The second-order valence-corrected chi connectivity index (χ2v) is 4.87. The number of hydrogen-bond acceptors (Lipinski definition) is 3. The molecule has 0 spiro atoms. The van der Waals surface area contributed by atoms with Crippen LogP contribution in [0.1, 0.15) is 48.3 Å². The van der Waals surface area contributed by atoms with Crippen molar-refractivity contribution >= 4 is 17.2 Å². The highest BCUT2D eigenvalue weighted by molar-refractivity contribution is 7.10. The third-order valence-electron chi connectivity index (χ3n) is 2.63. The van der Waals surface area contributed by atoms with Crippen LogP contribution >= 0.6 is 11.3 Å². The molecule has 3 nitrogen and oxygen atoms in total. The summed E-state index contributed by atoms with van der Waals surface area (Å²) < 4.78 is 0. The van der Waals surface area contributed by atoms with E-state index < -0.39 is 0 Å². The van der Waals surface area contributed by atoms with E-state index in [1.807, 2.05) is 5.38 Å². The van der Waals surface area contributed by atoms with E-state index in [9.17, 15) is 4.79 Å². The lowest BCUT2D eigenvalue weighted by Crippen LogP contribution is -2.33. The average Bonchev–Trinajstić information content (AvgIpc) is 2.85. The highest BCUT2D eigenvalue weighted by Gasteiger charge is 2.11. The molecule has 0 saturated carbocycles. The van der Waals surface area contributed by atoms with Crippen LogP contribution in [0, 0.1) is 11.8 Å². The minimum atomic E-state index is -0.0323. The van der Waals surface area contributed by atoms with Crippen LogP contribution in [-0.4, -0.2) is 23.7 Å². The first-order valence-corrected chi connectivity index (χ1v) is 7.08. The van der Waals surface area contributed by atoms with Crippen molar-refractivity contribution in [2.24, 2.45) is 0 Å². The van der Waals surface area contributed by atoms with Crippen molar-refractivity contribution in [2.75, 3.05) is 6.61 Å². The van der Waals surface area contributed by atoms with Crippen LogP contribution in [0.15, 0.2) is 11.4 Å². The molecule has 0 saturated heterocycles. The largest absolute Gasteiger partial charge is 0.395 e. The van der Waals surface area contributed by atoms with Gasteiger partial charge in [0.15, 0.2) is 0 Å². The predicted molar refractivity (Wildman–Crippen MR) is 74.7 cm³/mol. The molecule has 0 unspecified atom stereocenters. The van der Waals surface area contributed by atoms with E-state index in [0.717, 1.165) is 17.7 Å². The fourth-order valence-electron chi connectivity index (χ4n) is 1.49. The van der Waals surface area contributed by atoms with Gasteiger partial charge in [0.2, 0.25) is 0 Å². The minimum Gasteiger partial charge on any atom is -0.395 e. The Balaban J connectivity index is 2.63. The summed E-state index contributed by atoms with van der Waals surface area (Å²) in [7, 11) is 0. The molecule has 0 bridgehead atoms. The van der Waals surface area contributed by atoms with Crippen LogP contribution in [0.3, 0.4) is 0 Å². The molecular formula is C14H19NO2S. The fourth-order valence-corrected chi connectivity index (χ4v) is 2.24. The number of thiophene rings is 1. The smallest absolute Gasteiger partial charge is 0.252 e. The maximum atomic E-state index is 11.9. The van der Waals surface area contributed by atoms with Gasteiger partial charge in [-0.2, -0.15) is 0 Å². The fraction of sp³-hybridized carbons (Fsp3) is 0.500. The Hall–Kier alpha value is -1.31. The SMILES string of the molecule is CCC(CC)NC(=O)c1csc(C#CCCO)c1. The van der Waals surface area contributed by atoms with Crippen molar-refractivity contribution in [3.05, 3.63) is 21.9 Å². The lowest BCUT2D eigenvalue weighted by atomic mass is 10.1. The number of amides is 1. The molecule has 1 aromatic heterocycles. The molecule has 2 N–H and O–H groups in total. The number of aliphatic hydroxyl groups is 1. The van der Waals surface area contributed by atoms with Gasteiger partial charge in [-0.25, -0.2) is 0 Å². The second-order valence-electron chi connectivity index (χ2n) is 3.96. The van der Waals surface area contributed by atoms with Crippen molar-refractivity contribution in [1.82, 2.24) is 5.32 Å². The van der Waals surface area contributed by atoms with Crippen molar-refractivity contribution in [3.8, 4) is 11.8 Å². The Kier molecular flexibility index (Phi) is 6.48. The molecule has 0 aromatic carbocycles. The van der Waals surface area contributed by atoms with E-state index in [1.54, 1.807) is 6.07 Å². The molecular weight excluding hydrogens is 246 g/mol. The van der Waals surface area contributed by atoms with Crippen molar-refractivity contribution < 1.29 is 9.90 Å². The molecule has 98 valence electrons. The molecule has 1 rings (SSSR count). The first-order valence-electron chi connectivity index (χ1n) is 6.20. The summed E-state index contributed by atoms with van der Waals surface area (Å²) >= 11 is 1.45. The summed E-state index contributed by atoms with van der Waals surface area (Å²) in [5, 5.41) is 13.4. The molecule has 4 heteroatoms. The van der Waals surface area contributed by atoms with Gasteiger partial charge < -0.3 is 10.4 Å². The summed E-state index contributed by atoms with van der Waals surface area (Å²) in [6, 6.07) is 2.04. The summed E-state index contributed by atoms with van der Waals surface area (Å²) in [5.41, 5.74) is 0.667. The Morgan fingerprint density at radius 2 is 2.22 bits per heavy atom. The van der Waals surface area contributed by atoms with Gasteiger partial charge >= 0.3 is 0 Å². The molecule has 0 atom stereocenters. The van der Waals surface area contributed by atoms with E-state index in [1.165, 1.54) is 11.3 Å². The molecule has 1 heterocycles. The van der Waals surface area contributed by atoms with Gasteiger partial charge in [0, 0.05) is 17.8 Å². The zero-order valence-electron chi connectivity index (χ0n) is 10.8. The van der Waals surface area contributed by atoms with Gasteiger partial charge in [0.25, 0.3) is 5.91 Å². The van der Waals surface area contributed by atoms with Crippen molar-refractivity contribution in [3.63, 3.8) is 0 Å². The van der Waals surface area contributed by atoms with Crippen LogP contribution in [0.4, 0.5) is 0 Å². The van der Waals surface area contributed by atoms with E-state index in [0.29, 0.717) is 12.0 Å². The summed E-state index contributed by atoms with van der Waals surface area (Å²) in [5.74, 6) is 5.74. The minimum absolute atomic E-state index is 0.0323. The molecule has 0 aliphatic heterocycles. The maximum absolute atomic E-state index is 11.9. The maximum Gasteiger partial charge on any atom is 0.252 e. The third-order valence-corrected chi connectivity index (χ3v) is 3.48. The predicted octanol–water partition coefficient (Wildman–Crippen LogP) is 2.40. The highest BCUT2D eigenvalue weighted by atomic mass is 32.1. The molecule has 0 aliphatic carbocycles. The van der Waals surface area contributed by atoms with E-state index in [2.05, 4.69) is 31.0 Å². The quantitative estimate of drug-likeness (QED) is 0.803. The van der Waals surface area contributed by atoms with E-state index in [-0.39, 0.29) is 18.6 Å². The number of rotatable bonds is 5. The van der Waals surface area contributed by atoms with Crippen LogP contribution < -0.4 is 5.32 Å². The van der Waals surface area contributed by atoms with Gasteiger partial charge in [-0.1, -0.05) is 25.7 Å². The highest BCUT2D eigenvalue weighted by Crippen LogP contribution is 2.14. The standard InChI is InChI=1S/C14H19NO2S/c1-3-12(4-2)15-14(17)11-9-13(18-10-11)7-5-6-8-16/h9-10,12,16H,3-4,6,8H2,1-2H3,(H,15,17). The van der Waals surface area contributed by atoms with E-state index in [4.69, 9.17) is 5.11 Å². The zero-order chi connectivity index (χ0) is 13.4. The molecule has 1 amide bonds. The van der Waals surface area contributed by atoms with Gasteiger partial charge in [-0.05, 0) is 18.9 Å². The van der Waals surface area contributed by atoms with Crippen molar-refractivity contribution in [1.29, 1.82) is 0 Å². The van der Waals surface area contributed by atoms with Gasteiger partial charge in [-0.3, -0.25) is 4.79 Å². The molecule has 0 aliphatic rings. The van der Waals surface area contributed by atoms with E-state index >= 15 is 0 Å². The Morgan fingerprint density at radius 1 is 1.50 bits per heavy atom. The molecule has 18 heavy (non-hydrogen) atoms. The number of carbonyl (C=O) groups excluding carboxylic acids is 1. The average molecular weight is 265 g/mol. The summed E-state index contributed by atoms with van der Waals surface area (Å²) in [6.45, 7) is 4.20. The zero-order valence-corrected chi connectivity index (χ0v) is 11.6. The Bertz CT molecular complexity index is 438. The lowest BCUT2D eigenvalue weighted by Gasteiger charge is -2.13. The molecule has 1 aromatic rings. The third kappa shape index (κ3) is 4.52. The second kappa shape index (κ2) is 7.91. The Morgan fingerprint density at radius 3 is 2.83 bits per heavy atom. The topological polar surface area (TPSA) is 49.3 Å². The van der Waals surface area contributed by atoms with Crippen LogP contribution in [0.25, 0.3) is 0 Å². The van der Waals surface area contributed by atoms with Gasteiger partial charge in [0.05, 0.1) is 17.0 Å². The number of aliphatic hydroxyl groups excluding tert-OH is 1. The van der Waals surface area contributed by atoms with Crippen molar-refractivity contribution in [2.45, 2.75) is 39.2 Å². The molecule has 0 fully saturated rings. The number of hydrogen-bond donors (Lipinski definition) is 2. The number of nitrogens with one attached hydrogen (secondary N) is 1. The first kappa shape index (κ1) is 14.7. The molecule has 0 radical (unpaired) electrons.